The summed E-state index contributed by atoms with van der Waals surface area (Å²) in [6.45, 7) is 0.0556. The van der Waals surface area contributed by atoms with E-state index in [4.69, 9.17) is 16.7 Å². The summed E-state index contributed by atoms with van der Waals surface area (Å²) in [6.07, 6.45) is -3.60. The molecule has 0 aliphatic rings. The normalized spacial score (nSPS) is 11.6. The van der Waals surface area contributed by atoms with E-state index in [1.807, 2.05) is 0 Å². The highest BCUT2D eigenvalue weighted by molar-refractivity contribution is 6.28. The van der Waals surface area contributed by atoms with Crippen molar-refractivity contribution in [2.45, 2.75) is 12.6 Å². The third-order valence-electron chi connectivity index (χ3n) is 1.69. The second kappa shape index (κ2) is 5.31. The minimum Gasteiger partial charge on any atom is -0.396 e. The Hall–Kier alpha value is -1.08. The second-order valence-corrected chi connectivity index (χ2v) is 3.24. The van der Waals surface area contributed by atoms with Crippen LogP contribution in [0.2, 0.25) is 5.28 Å². The fourth-order valence-electron chi connectivity index (χ4n) is 0.988. The molecule has 1 aromatic rings. The number of rotatable bonds is 4. The summed E-state index contributed by atoms with van der Waals surface area (Å²) in [5, 5.41) is 10.7. The Morgan fingerprint density at radius 3 is 2.69 bits per heavy atom. The number of nitrogens with one attached hydrogen (secondary N) is 1. The van der Waals surface area contributed by atoms with E-state index in [2.05, 4.69) is 15.3 Å². The van der Waals surface area contributed by atoms with Crippen molar-refractivity contribution in [3.63, 3.8) is 0 Å². The lowest BCUT2D eigenvalue weighted by molar-refractivity contribution is -0.137. The zero-order valence-electron chi connectivity index (χ0n) is 8.05. The summed E-state index contributed by atoms with van der Waals surface area (Å²) in [7, 11) is 0. The zero-order chi connectivity index (χ0) is 12.2. The molecule has 0 fully saturated rings. The van der Waals surface area contributed by atoms with Crippen LogP contribution < -0.4 is 5.32 Å². The van der Waals surface area contributed by atoms with Crippen molar-refractivity contribution in [1.82, 2.24) is 9.97 Å². The molecule has 0 saturated carbocycles. The molecule has 0 amide bonds. The van der Waals surface area contributed by atoms with Crippen LogP contribution in [0.1, 0.15) is 12.0 Å². The fraction of sp³-hybridized carbons (Fsp3) is 0.500. The van der Waals surface area contributed by atoms with Crippen molar-refractivity contribution in [3.8, 4) is 0 Å². The van der Waals surface area contributed by atoms with Gasteiger partial charge in [0.15, 0.2) is 0 Å². The lowest BCUT2D eigenvalue weighted by Crippen LogP contribution is -2.14. The van der Waals surface area contributed by atoms with Crippen molar-refractivity contribution < 1.29 is 18.3 Å². The Morgan fingerprint density at radius 1 is 1.44 bits per heavy atom. The van der Waals surface area contributed by atoms with Gasteiger partial charge in [-0.25, -0.2) is 9.97 Å². The predicted molar refractivity (Wildman–Crippen MR) is 52.2 cm³/mol. The number of hydrogen-bond acceptors (Lipinski definition) is 4. The number of aromatic nitrogens is 2. The molecule has 0 aliphatic carbocycles. The molecule has 1 aromatic heterocycles. The molecule has 16 heavy (non-hydrogen) atoms. The molecule has 4 nitrogen and oxygen atoms in total. The number of halogens is 4. The van der Waals surface area contributed by atoms with E-state index in [9.17, 15) is 13.2 Å². The SMILES string of the molecule is OCCCNc1nc(Cl)ncc1C(F)(F)F. The average Bonchev–Trinajstić information content (AvgIpc) is 2.16. The third-order valence-corrected chi connectivity index (χ3v) is 1.87. The van der Waals surface area contributed by atoms with Gasteiger partial charge in [-0.05, 0) is 18.0 Å². The van der Waals surface area contributed by atoms with Crippen LogP contribution in [0.3, 0.4) is 0 Å². The molecule has 1 rings (SSSR count). The molecular formula is C8H9ClF3N3O. The van der Waals surface area contributed by atoms with Crippen molar-refractivity contribution in [1.29, 1.82) is 0 Å². The van der Waals surface area contributed by atoms with Gasteiger partial charge in [0, 0.05) is 19.3 Å². The largest absolute Gasteiger partial charge is 0.421 e. The first kappa shape index (κ1) is 13.0. The molecule has 8 heteroatoms. The molecule has 0 aliphatic heterocycles. The molecule has 0 aromatic carbocycles. The van der Waals surface area contributed by atoms with Crippen LogP contribution in [0, 0.1) is 0 Å². The van der Waals surface area contributed by atoms with Crippen LogP contribution in [0.25, 0.3) is 0 Å². The molecule has 0 bridgehead atoms. The molecule has 0 unspecified atom stereocenters. The minimum atomic E-state index is -4.54. The summed E-state index contributed by atoms with van der Waals surface area (Å²) in [5.41, 5.74) is -0.977. The summed E-state index contributed by atoms with van der Waals surface area (Å²) < 4.78 is 37.4. The molecule has 0 saturated heterocycles. The Morgan fingerprint density at radius 2 is 2.12 bits per heavy atom. The highest BCUT2D eigenvalue weighted by Crippen LogP contribution is 2.33. The standard InChI is InChI=1S/C8H9ClF3N3O/c9-7-14-4-5(8(10,11)12)6(15-7)13-2-1-3-16/h4,16H,1-3H2,(H,13,14,15). The maximum absolute atomic E-state index is 12.5. The molecule has 0 atom stereocenters. The maximum Gasteiger partial charge on any atom is 0.421 e. The van der Waals surface area contributed by atoms with Gasteiger partial charge in [0.25, 0.3) is 0 Å². The quantitative estimate of drug-likeness (QED) is 0.638. The van der Waals surface area contributed by atoms with E-state index in [1.54, 1.807) is 0 Å². The number of alkyl halides is 3. The van der Waals surface area contributed by atoms with Crippen molar-refractivity contribution in [2.75, 3.05) is 18.5 Å². The number of hydrogen-bond donors (Lipinski definition) is 2. The first-order valence-electron chi connectivity index (χ1n) is 4.39. The smallest absolute Gasteiger partial charge is 0.396 e. The van der Waals surface area contributed by atoms with E-state index in [0.717, 1.165) is 0 Å². The van der Waals surface area contributed by atoms with Crippen LogP contribution in [0.4, 0.5) is 19.0 Å². The Kier molecular flexibility index (Phi) is 4.31. The average molecular weight is 256 g/mol. The van der Waals surface area contributed by atoms with Crippen LogP contribution in [0.15, 0.2) is 6.20 Å². The molecule has 0 spiro atoms. The van der Waals surface area contributed by atoms with E-state index in [1.165, 1.54) is 0 Å². The maximum atomic E-state index is 12.5. The van der Waals surface area contributed by atoms with Gasteiger partial charge in [0.1, 0.15) is 11.4 Å². The van der Waals surface area contributed by atoms with Crippen molar-refractivity contribution >= 4 is 17.4 Å². The van der Waals surface area contributed by atoms with Crippen molar-refractivity contribution in [3.05, 3.63) is 17.0 Å². The van der Waals surface area contributed by atoms with Crippen LogP contribution in [0.5, 0.6) is 0 Å². The van der Waals surface area contributed by atoms with Gasteiger partial charge in [-0.15, -0.1) is 0 Å². The highest BCUT2D eigenvalue weighted by atomic mass is 35.5. The summed E-state index contributed by atoms with van der Waals surface area (Å²) in [5.74, 6) is -0.374. The van der Waals surface area contributed by atoms with E-state index in [0.29, 0.717) is 12.6 Å². The van der Waals surface area contributed by atoms with Crippen LogP contribution >= 0.6 is 11.6 Å². The molecule has 0 radical (unpaired) electrons. The third kappa shape index (κ3) is 3.49. The molecular weight excluding hydrogens is 247 g/mol. The van der Waals surface area contributed by atoms with E-state index >= 15 is 0 Å². The Labute approximate surface area is 94.5 Å². The minimum absolute atomic E-state index is 0.118. The van der Waals surface area contributed by atoms with E-state index in [-0.39, 0.29) is 24.3 Å². The zero-order valence-corrected chi connectivity index (χ0v) is 8.81. The lowest BCUT2D eigenvalue weighted by atomic mass is 10.3. The number of nitrogens with zero attached hydrogens (tertiary/aromatic N) is 2. The van der Waals surface area contributed by atoms with Gasteiger partial charge in [-0.3, -0.25) is 0 Å². The Bertz CT molecular complexity index is 359. The number of aliphatic hydroxyl groups is 1. The van der Waals surface area contributed by atoms with Gasteiger partial charge in [-0.1, -0.05) is 0 Å². The van der Waals surface area contributed by atoms with Gasteiger partial charge in [-0.2, -0.15) is 13.2 Å². The van der Waals surface area contributed by atoms with Gasteiger partial charge >= 0.3 is 6.18 Å². The fourth-order valence-corrected chi connectivity index (χ4v) is 1.12. The predicted octanol–water partition coefficient (Wildman–Crippen LogP) is 1.94. The monoisotopic (exact) mass is 255 g/mol. The first-order chi connectivity index (χ1) is 7.45. The van der Waals surface area contributed by atoms with Gasteiger partial charge < -0.3 is 10.4 Å². The second-order valence-electron chi connectivity index (χ2n) is 2.90. The molecule has 1 heterocycles. The Balaban J connectivity index is 2.90. The van der Waals surface area contributed by atoms with Crippen LogP contribution in [-0.4, -0.2) is 28.2 Å². The highest BCUT2D eigenvalue weighted by Gasteiger charge is 2.35. The molecule has 90 valence electrons. The lowest BCUT2D eigenvalue weighted by Gasteiger charge is -2.12. The summed E-state index contributed by atoms with van der Waals surface area (Å²) in [6, 6.07) is 0. The molecule has 2 N–H and O–H groups in total. The summed E-state index contributed by atoms with van der Waals surface area (Å²) in [4.78, 5) is 6.73. The van der Waals surface area contributed by atoms with Crippen LogP contribution in [-0.2, 0) is 6.18 Å². The van der Waals surface area contributed by atoms with Gasteiger partial charge in [0.2, 0.25) is 5.28 Å². The topological polar surface area (TPSA) is 58.0 Å². The van der Waals surface area contributed by atoms with Gasteiger partial charge in [0.05, 0.1) is 0 Å². The van der Waals surface area contributed by atoms with E-state index < -0.39 is 11.7 Å². The first-order valence-corrected chi connectivity index (χ1v) is 4.77. The van der Waals surface area contributed by atoms with Crippen molar-refractivity contribution in [2.24, 2.45) is 0 Å². The number of aliphatic hydroxyl groups excluding tert-OH is 1. The summed E-state index contributed by atoms with van der Waals surface area (Å²) >= 11 is 5.40. The number of anilines is 1.